The van der Waals surface area contributed by atoms with E-state index in [1.165, 1.54) is 18.4 Å². The molecule has 0 radical (unpaired) electrons. The van der Waals surface area contributed by atoms with Crippen molar-refractivity contribution in [2.75, 3.05) is 20.2 Å². The van der Waals surface area contributed by atoms with Crippen molar-refractivity contribution in [1.29, 1.82) is 0 Å². The molecule has 0 aliphatic carbocycles. The number of nitrogens with zero attached hydrogens (tertiary/aromatic N) is 1. The van der Waals surface area contributed by atoms with E-state index in [0.29, 0.717) is 5.92 Å². The summed E-state index contributed by atoms with van der Waals surface area (Å²) in [5.74, 6) is 0.572. The van der Waals surface area contributed by atoms with Gasteiger partial charge < -0.3 is 10.1 Å². The molecule has 88 valence electrons. The van der Waals surface area contributed by atoms with Crippen LogP contribution in [0.1, 0.15) is 30.2 Å². The highest BCUT2D eigenvalue weighted by molar-refractivity contribution is 5.17. The molecule has 0 bridgehead atoms. The van der Waals surface area contributed by atoms with E-state index in [1.807, 2.05) is 20.2 Å². The Kier molecular flexibility index (Phi) is 3.91. The predicted molar refractivity (Wildman–Crippen MR) is 64.3 cm³/mol. The van der Waals surface area contributed by atoms with Crippen molar-refractivity contribution in [3.63, 3.8) is 0 Å². The van der Waals surface area contributed by atoms with Gasteiger partial charge in [-0.05, 0) is 38.4 Å². The first-order valence-corrected chi connectivity index (χ1v) is 6.00. The molecule has 3 heteroatoms. The molecule has 1 fully saturated rings. The number of aromatic nitrogens is 1. The van der Waals surface area contributed by atoms with Crippen molar-refractivity contribution >= 4 is 0 Å². The number of nitrogens with one attached hydrogen (secondary N) is 1. The van der Waals surface area contributed by atoms with E-state index in [-0.39, 0.29) is 6.10 Å². The summed E-state index contributed by atoms with van der Waals surface area (Å²) in [5.41, 5.74) is 2.27. The lowest BCUT2D eigenvalue weighted by Gasteiger charge is -2.31. The van der Waals surface area contributed by atoms with Crippen molar-refractivity contribution in [2.24, 2.45) is 5.92 Å². The molecule has 0 saturated carbocycles. The zero-order valence-corrected chi connectivity index (χ0v) is 10.1. The van der Waals surface area contributed by atoms with E-state index in [9.17, 15) is 0 Å². The Labute approximate surface area is 97.2 Å². The fraction of sp³-hybridized carbons (Fsp3) is 0.615. The molecule has 2 atom stereocenters. The molecule has 1 N–H and O–H groups in total. The van der Waals surface area contributed by atoms with E-state index in [0.717, 1.165) is 18.8 Å². The first kappa shape index (κ1) is 11.6. The maximum absolute atomic E-state index is 5.89. The molecule has 1 aliphatic rings. The van der Waals surface area contributed by atoms with Gasteiger partial charge in [0.25, 0.3) is 0 Å². The molecule has 2 heterocycles. The average Bonchev–Trinajstić information content (AvgIpc) is 2.32. The van der Waals surface area contributed by atoms with Crippen LogP contribution in [0, 0.1) is 12.8 Å². The van der Waals surface area contributed by atoms with Gasteiger partial charge in [0.2, 0.25) is 0 Å². The van der Waals surface area contributed by atoms with E-state index in [1.54, 1.807) is 0 Å². The molecule has 1 saturated heterocycles. The van der Waals surface area contributed by atoms with Crippen LogP contribution in [0.5, 0.6) is 0 Å². The number of aryl methyl sites for hydroxylation is 1. The summed E-state index contributed by atoms with van der Waals surface area (Å²) in [5, 5.41) is 3.25. The van der Waals surface area contributed by atoms with E-state index >= 15 is 0 Å². The third-order valence-electron chi connectivity index (χ3n) is 3.17. The van der Waals surface area contributed by atoms with E-state index < -0.39 is 0 Å². The zero-order chi connectivity index (χ0) is 11.4. The monoisotopic (exact) mass is 220 g/mol. The summed E-state index contributed by atoms with van der Waals surface area (Å²) < 4.78 is 5.89. The first-order chi connectivity index (χ1) is 7.81. The van der Waals surface area contributed by atoms with Crippen LogP contribution in [0.3, 0.4) is 0 Å². The molecule has 2 unspecified atom stereocenters. The van der Waals surface area contributed by atoms with E-state index in [4.69, 9.17) is 4.74 Å². The second-order valence-corrected chi connectivity index (χ2v) is 4.48. The topological polar surface area (TPSA) is 34.1 Å². The van der Waals surface area contributed by atoms with Gasteiger partial charge in [0.05, 0.1) is 6.10 Å². The lowest BCUT2D eigenvalue weighted by molar-refractivity contribution is -0.0274. The molecule has 0 spiro atoms. The van der Waals surface area contributed by atoms with Crippen LogP contribution in [-0.4, -0.2) is 25.2 Å². The van der Waals surface area contributed by atoms with Gasteiger partial charge in [-0.1, -0.05) is 6.07 Å². The molecule has 1 aromatic rings. The summed E-state index contributed by atoms with van der Waals surface area (Å²) >= 11 is 0. The van der Waals surface area contributed by atoms with Gasteiger partial charge in [-0.25, -0.2) is 0 Å². The first-order valence-electron chi connectivity index (χ1n) is 6.00. The van der Waals surface area contributed by atoms with Crippen molar-refractivity contribution in [3.8, 4) is 0 Å². The van der Waals surface area contributed by atoms with Gasteiger partial charge in [0.15, 0.2) is 0 Å². The summed E-state index contributed by atoms with van der Waals surface area (Å²) in [7, 11) is 2.00. The molecular formula is C13H20N2O. The summed E-state index contributed by atoms with van der Waals surface area (Å²) in [6, 6.07) is 4.20. The highest BCUT2D eigenvalue weighted by atomic mass is 16.5. The van der Waals surface area contributed by atoms with Crippen LogP contribution in [-0.2, 0) is 4.74 Å². The summed E-state index contributed by atoms with van der Waals surface area (Å²) in [6.07, 6.45) is 4.57. The Hall–Kier alpha value is -0.930. The van der Waals surface area contributed by atoms with Crippen LogP contribution in [0.15, 0.2) is 18.3 Å². The Morgan fingerprint density at radius 2 is 2.38 bits per heavy atom. The molecule has 1 aliphatic heterocycles. The van der Waals surface area contributed by atoms with Gasteiger partial charge in [-0.3, -0.25) is 4.98 Å². The normalized spacial score (nSPS) is 25.6. The predicted octanol–water partition coefficient (Wildman–Crippen LogP) is 2.08. The number of rotatable bonds is 3. The maximum Gasteiger partial charge on any atom is 0.0880 e. The Morgan fingerprint density at radius 1 is 1.50 bits per heavy atom. The fourth-order valence-corrected chi connectivity index (χ4v) is 2.33. The van der Waals surface area contributed by atoms with Gasteiger partial charge in [0, 0.05) is 31.0 Å². The van der Waals surface area contributed by atoms with Gasteiger partial charge in [-0.15, -0.1) is 0 Å². The van der Waals surface area contributed by atoms with Gasteiger partial charge in [-0.2, -0.15) is 0 Å². The van der Waals surface area contributed by atoms with Crippen LogP contribution in [0.4, 0.5) is 0 Å². The highest BCUT2D eigenvalue weighted by Crippen LogP contribution is 2.32. The minimum Gasteiger partial charge on any atom is -0.373 e. The largest absolute Gasteiger partial charge is 0.373 e. The molecule has 16 heavy (non-hydrogen) atoms. The standard InChI is InChI=1S/C13H20N2O/c1-10-5-6-12(9-15-10)13-11(8-14-2)4-3-7-16-13/h5-6,9,11,13-14H,3-4,7-8H2,1-2H3. The van der Waals surface area contributed by atoms with Crippen molar-refractivity contribution in [3.05, 3.63) is 29.6 Å². The minimum absolute atomic E-state index is 0.217. The number of hydrogen-bond donors (Lipinski definition) is 1. The van der Waals surface area contributed by atoms with Crippen LogP contribution < -0.4 is 5.32 Å². The van der Waals surface area contributed by atoms with E-state index in [2.05, 4.69) is 22.4 Å². The SMILES string of the molecule is CNCC1CCCOC1c1ccc(C)nc1. The van der Waals surface area contributed by atoms with Gasteiger partial charge in [0.1, 0.15) is 0 Å². The van der Waals surface area contributed by atoms with Crippen molar-refractivity contribution < 1.29 is 4.74 Å². The number of ether oxygens (including phenoxy) is 1. The smallest absolute Gasteiger partial charge is 0.0880 e. The molecule has 1 aromatic heterocycles. The zero-order valence-electron chi connectivity index (χ0n) is 10.1. The van der Waals surface area contributed by atoms with Crippen molar-refractivity contribution in [2.45, 2.75) is 25.9 Å². The molecule has 0 aromatic carbocycles. The summed E-state index contributed by atoms with van der Waals surface area (Å²) in [4.78, 5) is 4.35. The fourth-order valence-electron chi connectivity index (χ4n) is 2.33. The lowest BCUT2D eigenvalue weighted by atomic mass is 9.90. The average molecular weight is 220 g/mol. The molecule has 3 nitrogen and oxygen atoms in total. The Morgan fingerprint density at radius 3 is 3.06 bits per heavy atom. The minimum atomic E-state index is 0.217. The van der Waals surface area contributed by atoms with Crippen molar-refractivity contribution in [1.82, 2.24) is 10.3 Å². The maximum atomic E-state index is 5.89. The second kappa shape index (κ2) is 5.41. The lowest BCUT2D eigenvalue weighted by Crippen LogP contribution is -2.30. The third kappa shape index (κ3) is 2.60. The Bertz CT molecular complexity index is 321. The third-order valence-corrected chi connectivity index (χ3v) is 3.17. The summed E-state index contributed by atoms with van der Waals surface area (Å²) in [6.45, 7) is 3.90. The van der Waals surface area contributed by atoms with Gasteiger partial charge >= 0.3 is 0 Å². The number of pyridine rings is 1. The number of hydrogen-bond acceptors (Lipinski definition) is 3. The van der Waals surface area contributed by atoms with Crippen LogP contribution in [0.2, 0.25) is 0 Å². The molecular weight excluding hydrogens is 200 g/mol. The second-order valence-electron chi connectivity index (χ2n) is 4.48. The molecule has 2 rings (SSSR count). The molecule has 0 amide bonds. The highest BCUT2D eigenvalue weighted by Gasteiger charge is 2.26. The van der Waals surface area contributed by atoms with Crippen LogP contribution in [0.25, 0.3) is 0 Å². The Balaban J connectivity index is 2.13. The quantitative estimate of drug-likeness (QED) is 0.847. The van der Waals surface area contributed by atoms with Crippen LogP contribution >= 0.6 is 0 Å².